The molecule has 0 aliphatic heterocycles. The van der Waals surface area contributed by atoms with Crippen molar-refractivity contribution in [1.82, 2.24) is 5.32 Å². The molecule has 1 aromatic carbocycles. The number of ketones is 9. The third-order valence-corrected chi connectivity index (χ3v) is 26.8. The molecule has 1 aromatic rings. The molecule has 32 heteroatoms. The van der Waals surface area contributed by atoms with E-state index >= 15 is 4.39 Å². The first-order chi connectivity index (χ1) is 54.9. The van der Waals surface area contributed by atoms with E-state index in [9.17, 15) is 125 Å². The summed E-state index contributed by atoms with van der Waals surface area (Å²) in [6, 6.07) is 1.94. The van der Waals surface area contributed by atoms with Crippen molar-refractivity contribution in [2.45, 2.75) is 374 Å². The molecule has 0 saturated heterocycles. The Morgan fingerprint density at radius 1 is 0.429 bits per heavy atom. The van der Waals surface area contributed by atoms with Crippen LogP contribution in [0.1, 0.15) is 308 Å². The molecule has 13 aliphatic rings. The predicted octanol–water partition coefficient (Wildman–Crippen LogP) is 16.7. The molecule has 18 nitrogen and oxygen atoms in total. The summed E-state index contributed by atoms with van der Waals surface area (Å²) >= 11 is 0. The molecule has 3 unspecified atom stereocenters. The fraction of sp³-hybridized carbons (Fsp3) is 0.805. The maximum absolute atomic E-state index is 15.3. The number of carboxylic acid groups (broad SMARTS) is 1. The minimum atomic E-state index is -3.20. The molecule has 13 fully saturated rings. The molecule has 13 saturated carbocycles. The van der Waals surface area contributed by atoms with Crippen LogP contribution in [0.25, 0.3) is 0 Å². The molecule has 0 bridgehead atoms. The Labute approximate surface area is 684 Å². The fourth-order valence-corrected chi connectivity index (χ4v) is 19.1. The Morgan fingerprint density at radius 2 is 0.748 bits per heavy atom. The lowest BCUT2D eigenvalue weighted by molar-refractivity contribution is -0.204. The number of carbonyl (C=O) groups is 11. The first kappa shape index (κ1) is 96.7. The maximum Gasteiger partial charge on any atom is 0.333 e. The van der Waals surface area contributed by atoms with Gasteiger partial charge in [-0.1, -0.05) is 66.2 Å². The molecule has 8 N–H and O–H groups in total. The summed E-state index contributed by atoms with van der Waals surface area (Å²) in [4.78, 5) is 135. The molecular formula is C87H118F14N2O16. The average molecular weight is 1710 g/mol. The number of phenolic OH excluding ortho intramolecular Hbond substituents is 1. The molecule has 0 spiro atoms. The lowest BCUT2D eigenvalue weighted by atomic mass is 9.58. The Bertz CT molecular complexity index is 3850. The molecule has 0 aromatic heterocycles. The van der Waals surface area contributed by atoms with E-state index in [1.54, 1.807) is 20.8 Å². The fourth-order valence-electron chi connectivity index (χ4n) is 19.1. The largest absolute Gasteiger partial charge is 0.505 e. The highest BCUT2D eigenvalue weighted by atomic mass is 19.3. The van der Waals surface area contributed by atoms with E-state index < -0.39 is 232 Å². The van der Waals surface area contributed by atoms with Crippen LogP contribution in [-0.2, 0) is 47.9 Å². The van der Waals surface area contributed by atoms with E-state index in [4.69, 9.17) is 15.9 Å². The Morgan fingerprint density at radius 3 is 1.08 bits per heavy atom. The van der Waals surface area contributed by atoms with E-state index in [0.29, 0.717) is 56.9 Å². The quantitative estimate of drug-likeness (QED) is 0.0245. The van der Waals surface area contributed by atoms with Gasteiger partial charge in [0.1, 0.15) is 40.8 Å². The van der Waals surface area contributed by atoms with Gasteiger partial charge in [0, 0.05) is 155 Å². The number of carbonyl (C=O) groups excluding carboxylic acids is 10. The molecule has 0 radical (unpaired) electrons. The zero-order valence-electron chi connectivity index (χ0n) is 68.4. The summed E-state index contributed by atoms with van der Waals surface area (Å²) in [5, 5.41) is 49.3. The number of aliphatic hydroxyl groups excluding tert-OH is 3. The van der Waals surface area contributed by atoms with Crippen LogP contribution in [-0.4, -0.2) is 166 Å². The third kappa shape index (κ3) is 26.7. The molecule has 0 heterocycles. The van der Waals surface area contributed by atoms with Gasteiger partial charge in [-0.2, -0.15) is 0 Å². The number of carboxylic acids is 1. The smallest absolute Gasteiger partial charge is 0.333 e. The molecule has 1 amide bonds. The van der Waals surface area contributed by atoms with Crippen molar-refractivity contribution < 1.29 is 140 Å². The number of alkyl halides is 13. The van der Waals surface area contributed by atoms with E-state index in [-0.39, 0.29) is 111 Å². The highest BCUT2D eigenvalue weighted by Crippen LogP contribution is 2.61. The van der Waals surface area contributed by atoms with Crippen LogP contribution in [0.15, 0.2) is 18.2 Å². The normalized spacial score (nSPS) is 26.1. The summed E-state index contributed by atoms with van der Waals surface area (Å²) in [5.74, 6) is -24.5. The van der Waals surface area contributed by atoms with Crippen LogP contribution in [0.3, 0.4) is 0 Å². The monoisotopic (exact) mass is 1710 g/mol. The number of hydrogen-bond acceptors (Lipinski definition) is 16. The van der Waals surface area contributed by atoms with Crippen LogP contribution < -0.4 is 11.1 Å². The van der Waals surface area contributed by atoms with Gasteiger partial charge < -0.3 is 36.6 Å². The third-order valence-electron chi connectivity index (χ3n) is 26.8. The van der Waals surface area contributed by atoms with Gasteiger partial charge in [0.15, 0.2) is 46.6 Å². The number of aliphatic carboxylic acids is 1. The topological polar surface area (TPSA) is 327 Å². The second-order valence-corrected chi connectivity index (χ2v) is 39.3. The molecule has 6 atom stereocenters. The number of rotatable bonds is 35. The van der Waals surface area contributed by atoms with E-state index in [1.807, 2.05) is 0 Å². The number of halogens is 14. The van der Waals surface area contributed by atoms with Crippen LogP contribution >= 0.6 is 0 Å². The number of aliphatic hydroxyl groups is 3. The summed E-state index contributed by atoms with van der Waals surface area (Å²) in [5.41, 5.74) is -6.35. The zero-order chi connectivity index (χ0) is 88.5. The van der Waals surface area contributed by atoms with E-state index in [0.717, 1.165) is 95.2 Å². The number of hydrogen-bond donors (Lipinski definition) is 7. The SMILES string of the molecule is CC1(C(O)C(=O)CC2CC2)CC(F)(F)C1.CC1(C(O)C(=O)O)CC(F)(F)C1.C[C@@H](CC1(F)CCCC1)C(=O)CC1(C(=O)C(=O)CC2CC2)CC(F)(F)C1.C[C@@H](CC1(F)CCCC1)C(=O)CC1(C(O)C(=O)CC2CC2)CC(F)(F)C1.NC1CC1.O=C(CC1CC1)C(=O)C1(CC(=O)[C@H](CC2(F)CCCC2)NC(=O)c2ccc(O)c(F)c2)CC(F)(F)C1. The van der Waals surface area contributed by atoms with Gasteiger partial charge >= 0.3 is 5.97 Å². The highest BCUT2D eigenvalue weighted by Gasteiger charge is 2.66. The standard InChI is InChI=1S/C26H29F4NO5.C20H29F3O3.C20H27F3O3.C11H16F2O2.C7H10F2O3.C3H7N/c27-17-10-16(5-6-19(17)32)23(36)31-18(11-25(28)7-1-2-8-25)21(34)12-24(13-26(29,30)14-24)22(35)20(33)9-15-3-4-15;2*1-13(9-19(21)6-2-3-7-19)16(25)10-18(11-20(22,23)12-18)17(26)15(24)8-14-4-5-14;1-10(5-11(12,13)6-10)9(15)8(14)4-7-2-3-7;1-6(4(10)5(11)12)2-7(8,9)3-6;4-3-1-2-3/h5-6,10,15,18,32H,1-4,7-9,11-14H2,(H,31,36);13-14,17,26H,2-12H2,1H3;13-14H,2-12H2,1H3;7,9,15H,2-6H2,1H3;4,10H,2-3H2,1H3,(H,11,12);3H,1-2,4H2/t18-;13-,17?;13-;;;/m000.../s1. The molecular weight excluding hydrogens is 1590 g/mol. The second-order valence-electron chi connectivity index (χ2n) is 39.3. The van der Waals surface area contributed by atoms with Gasteiger partial charge in [-0.05, 0) is 157 Å². The van der Waals surface area contributed by atoms with Crippen molar-refractivity contribution in [1.29, 1.82) is 0 Å². The predicted molar refractivity (Wildman–Crippen MR) is 404 cm³/mol. The first-order valence-corrected chi connectivity index (χ1v) is 42.5. The van der Waals surface area contributed by atoms with Crippen molar-refractivity contribution in [3.05, 3.63) is 29.6 Å². The lowest BCUT2D eigenvalue weighted by Crippen LogP contribution is -2.56. The molecule has 13 aliphatic carbocycles. The Balaban J connectivity index is 0.000000174. The van der Waals surface area contributed by atoms with Crippen LogP contribution in [0.4, 0.5) is 61.5 Å². The van der Waals surface area contributed by atoms with Gasteiger partial charge in [-0.3, -0.25) is 47.9 Å². The van der Waals surface area contributed by atoms with Gasteiger partial charge in [0.2, 0.25) is 41.2 Å². The molecule has 670 valence electrons. The second kappa shape index (κ2) is 37.0. The molecule has 119 heavy (non-hydrogen) atoms. The number of phenols is 1. The number of nitrogens with one attached hydrogen (secondary N) is 1. The minimum Gasteiger partial charge on any atom is -0.505 e. The van der Waals surface area contributed by atoms with Gasteiger partial charge in [-0.15, -0.1) is 0 Å². The average Bonchev–Trinajstić information content (AvgIpc) is 1.74. The Kier molecular flexibility index (Phi) is 30.0. The number of nitrogens with two attached hydrogens (primary N) is 1. The number of amides is 1. The van der Waals surface area contributed by atoms with E-state index in [1.165, 1.54) is 19.8 Å². The summed E-state index contributed by atoms with van der Waals surface area (Å²) < 4.78 is 191. The van der Waals surface area contributed by atoms with Gasteiger partial charge in [-0.25, -0.2) is 66.3 Å². The summed E-state index contributed by atoms with van der Waals surface area (Å²) in [6.45, 7) is 6.15. The number of benzene rings is 1. The maximum atomic E-state index is 15.3. The van der Waals surface area contributed by atoms with Crippen LogP contribution in [0.5, 0.6) is 5.75 Å². The van der Waals surface area contributed by atoms with Crippen molar-refractivity contribution >= 4 is 63.9 Å². The first-order valence-electron chi connectivity index (χ1n) is 42.5. The highest BCUT2D eigenvalue weighted by molar-refractivity contribution is 6.40. The van der Waals surface area contributed by atoms with Crippen LogP contribution in [0.2, 0.25) is 0 Å². The van der Waals surface area contributed by atoms with Crippen molar-refractivity contribution in [3.8, 4) is 5.75 Å². The number of Topliss-reactive ketones (excluding diaryl/α,β-unsaturated/α-hetero) is 9. The van der Waals surface area contributed by atoms with Crippen molar-refractivity contribution in [3.63, 3.8) is 0 Å². The Hall–Kier alpha value is -6.15. The van der Waals surface area contributed by atoms with Crippen LogP contribution in [0, 0.1) is 68.4 Å². The minimum absolute atomic E-state index is 0.0412. The lowest BCUT2D eigenvalue weighted by Gasteiger charge is -2.49. The summed E-state index contributed by atoms with van der Waals surface area (Å²) in [7, 11) is 0. The zero-order valence-corrected chi connectivity index (χ0v) is 68.4. The van der Waals surface area contributed by atoms with Gasteiger partial charge in [0.05, 0.1) is 16.9 Å². The van der Waals surface area contributed by atoms with Gasteiger partial charge in [0.25, 0.3) is 5.91 Å². The van der Waals surface area contributed by atoms with E-state index in [2.05, 4.69) is 5.32 Å². The summed E-state index contributed by atoms with van der Waals surface area (Å²) in [6.07, 6.45) is 4.31. The number of aromatic hydroxyl groups is 1. The van der Waals surface area contributed by atoms with Crippen molar-refractivity contribution in [2.75, 3.05) is 0 Å². The molecule has 14 rings (SSSR count). The van der Waals surface area contributed by atoms with Crippen molar-refractivity contribution in [2.24, 2.45) is 68.3 Å².